The molecule has 0 heterocycles. The molecule has 0 radical (unpaired) electrons. The van der Waals surface area contributed by atoms with Crippen LogP contribution in [0.2, 0.25) is 0 Å². The summed E-state index contributed by atoms with van der Waals surface area (Å²) >= 11 is 0. The van der Waals surface area contributed by atoms with Crippen LogP contribution in [0.25, 0.3) is 0 Å². The fourth-order valence-electron chi connectivity index (χ4n) is 1.10. The lowest BCUT2D eigenvalue weighted by Gasteiger charge is -2.07. The van der Waals surface area contributed by atoms with E-state index in [1.165, 1.54) is 0 Å². The van der Waals surface area contributed by atoms with Crippen LogP contribution in [0.4, 0.5) is 16.2 Å². The zero-order valence-electron chi connectivity index (χ0n) is 7.37. The number of primary amides is 1. The molecule has 0 saturated heterocycles. The molecule has 13 heavy (non-hydrogen) atoms. The van der Waals surface area contributed by atoms with Gasteiger partial charge in [0, 0.05) is 0 Å². The summed E-state index contributed by atoms with van der Waals surface area (Å²) in [5.41, 5.74) is 7.17. The second-order valence-corrected chi connectivity index (χ2v) is 2.62. The molecule has 0 unspecified atom stereocenters. The van der Waals surface area contributed by atoms with Gasteiger partial charge in [0.25, 0.3) is 0 Å². The van der Waals surface area contributed by atoms with Crippen molar-refractivity contribution < 1.29 is 4.79 Å². The van der Waals surface area contributed by atoms with Crippen LogP contribution in [0.15, 0.2) is 23.2 Å². The summed E-state index contributed by atoms with van der Waals surface area (Å²) in [5.74, 6) is 0. The van der Waals surface area contributed by atoms with Crippen molar-refractivity contribution >= 4 is 24.1 Å². The molecule has 0 aliphatic heterocycles. The lowest BCUT2D eigenvalue weighted by molar-refractivity contribution is 0.259. The molecule has 2 amide bonds. The van der Waals surface area contributed by atoms with Crippen LogP contribution < -0.4 is 11.1 Å². The Morgan fingerprint density at radius 3 is 2.85 bits per heavy atom. The van der Waals surface area contributed by atoms with Crippen molar-refractivity contribution in [2.45, 2.75) is 6.92 Å². The van der Waals surface area contributed by atoms with Gasteiger partial charge in [-0.1, -0.05) is 12.1 Å². The summed E-state index contributed by atoms with van der Waals surface area (Å²) in [7, 11) is 0. The monoisotopic (exact) mass is 177 g/mol. The molecular weight excluding hydrogens is 166 g/mol. The fourth-order valence-corrected chi connectivity index (χ4v) is 1.10. The summed E-state index contributed by atoms with van der Waals surface area (Å²) in [6.07, 6.45) is 0. The molecule has 3 N–H and O–H groups in total. The SMILES string of the molecule is C=Nc1c(C)cccc1NC(N)=O. The third-order valence-electron chi connectivity index (χ3n) is 1.65. The summed E-state index contributed by atoms with van der Waals surface area (Å²) in [6, 6.07) is 4.82. The molecule has 0 fully saturated rings. The number of carbonyl (C=O) groups excluding carboxylic acids is 1. The summed E-state index contributed by atoms with van der Waals surface area (Å²) in [5, 5.41) is 2.47. The minimum Gasteiger partial charge on any atom is -0.351 e. The van der Waals surface area contributed by atoms with E-state index >= 15 is 0 Å². The normalized spacial score (nSPS) is 9.31. The number of urea groups is 1. The number of nitrogens with one attached hydrogen (secondary N) is 1. The van der Waals surface area contributed by atoms with Crippen molar-refractivity contribution in [3.8, 4) is 0 Å². The number of aryl methyl sites for hydroxylation is 1. The Morgan fingerprint density at radius 2 is 2.31 bits per heavy atom. The number of anilines is 1. The van der Waals surface area contributed by atoms with E-state index in [9.17, 15) is 4.79 Å². The predicted octanol–water partition coefficient (Wildman–Crippen LogP) is 1.82. The van der Waals surface area contributed by atoms with Crippen molar-refractivity contribution in [2.24, 2.45) is 10.7 Å². The van der Waals surface area contributed by atoms with Gasteiger partial charge in [0.1, 0.15) is 0 Å². The molecule has 68 valence electrons. The van der Waals surface area contributed by atoms with Gasteiger partial charge in [-0.25, -0.2) is 4.79 Å². The number of amides is 2. The van der Waals surface area contributed by atoms with Crippen molar-refractivity contribution in [2.75, 3.05) is 5.32 Å². The number of rotatable bonds is 2. The summed E-state index contributed by atoms with van der Waals surface area (Å²) in [6.45, 7) is 5.30. The molecular formula is C9H11N3O. The topological polar surface area (TPSA) is 67.5 Å². The van der Waals surface area contributed by atoms with Gasteiger partial charge in [0.15, 0.2) is 0 Å². The van der Waals surface area contributed by atoms with Gasteiger partial charge < -0.3 is 11.1 Å². The van der Waals surface area contributed by atoms with E-state index in [0.29, 0.717) is 11.4 Å². The Kier molecular flexibility index (Phi) is 2.64. The van der Waals surface area contributed by atoms with Gasteiger partial charge in [-0.3, -0.25) is 4.99 Å². The molecule has 0 aliphatic carbocycles. The summed E-state index contributed by atoms with van der Waals surface area (Å²) in [4.78, 5) is 14.4. The van der Waals surface area contributed by atoms with Crippen molar-refractivity contribution in [3.05, 3.63) is 23.8 Å². The Morgan fingerprint density at radius 1 is 1.62 bits per heavy atom. The van der Waals surface area contributed by atoms with E-state index in [4.69, 9.17) is 5.73 Å². The number of aliphatic imine (C=N–C) groups is 1. The average molecular weight is 177 g/mol. The maximum absolute atomic E-state index is 10.6. The standard InChI is InChI=1S/C9H11N3O/c1-6-4-3-5-7(8(6)11-2)12-9(10)13/h3-5H,2H2,1H3,(H3,10,12,13). The highest BCUT2D eigenvalue weighted by Crippen LogP contribution is 2.27. The van der Waals surface area contributed by atoms with E-state index in [-0.39, 0.29) is 0 Å². The lowest BCUT2D eigenvalue weighted by atomic mass is 10.2. The van der Waals surface area contributed by atoms with Crippen molar-refractivity contribution in [1.82, 2.24) is 0 Å². The zero-order chi connectivity index (χ0) is 9.84. The zero-order valence-corrected chi connectivity index (χ0v) is 7.37. The minimum absolute atomic E-state index is 0.586. The Labute approximate surface area is 76.5 Å². The maximum atomic E-state index is 10.6. The number of benzene rings is 1. The highest BCUT2D eigenvalue weighted by atomic mass is 16.2. The first-order valence-electron chi connectivity index (χ1n) is 3.78. The summed E-state index contributed by atoms with van der Waals surface area (Å²) < 4.78 is 0. The number of carbonyl (C=O) groups is 1. The second-order valence-electron chi connectivity index (χ2n) is 2.62. The molecule has 0 saturated carbocycles. The lowest BCUT2D eigenvalue weighted by Crippen LogP contribution is -2.19. The predicted molar refractivity (Wildman–Crippen MR) is 53.6 cm³/mol. The van der Waals surface area contributed by atoms with Crippen LogP contribution in [-0.2, 0) is 0 Å². The molecule has 0 spiro atoms. The van der Waals surface area contributed by atoms with Gasteiger partial charge >= 0.3 is 6.03 Å². The van der Waals surface area contributed by atoms with Crippen LogP contribution in [0, 0.1) is 6.92 Å². The van der Waals surface area contributed by atoms with E-state index in [2.05, 4.69) is 17.0 Å². The van der Waals surface area contributed by atoms with E-state index in [1.807, 2.05) is 19.1 Å². The number of nitrogens with two attached hydrogens (primary N) is 1. The van der Waals surface area contributed by atoms with Crippen LogP contribution in [0.5, 0.6) is 0 Å². The molecule has 0 aromatic heterocycles. The van der Waals surface area contributed by atoms with E-state index in [1.54, 1.807) is 6.07 Å². The van der Waals surface area contributed by atoms with Gasteiger partial charge in [-0.05, 0) is 25.3 Å². The number of hydrogen-bond donors (Lipinski definition) is 2. The molecule has 4 heteroatoms. The number of hydrogen-bond acceptors (Lipinski definition) is 2. The third kappa shape index (κ3) is 2.05. The third-order valence-corrected chi connectivity index (χ3v) is 1.65. The smallest absolute Gasteiger partial charge is 0.316 e. The molecule has 1 rings (SSSR count). The Hall–Kier alpha value is -1.84. The van der Waals surface area contributed by atoms with Crippen LogP contribution in [0.1, 0.15) is 5.56 Å². The first-order chi connectivity index (χ1) is 6.15. The van der Waals surface area contributed by atoms with Gasteiger partial charge in [-0.2, -0.15) is 0 Å². The van der Waals surface area contributed by atoms with Crippen molar-refractivity contribution in [1.29, 1.82) is 0 Å². The second kappa shape index (κ2) is 3.71. The number of para-hydroxylation sites is 1. The first-order valence-corrected chi connectivity index (χ1v) is 3.78. The van der Waals surface area contributed by atoms with E-state index in [0.717, 1.165) is 5.56 Å². The molecule has 1 aromatic carbocycles. The largest absolute Gasteiger partial charge is 0.351 e. The fraction of sp³-hybridized carbons (Fsp3) is 0.111. The first kappa shape index (κ1) is 9.25. The van der Waals surface area contributed by atoms with Crippen LogP contribution in [0.3, 0.4) is 0 Å². The minimum atomic E-state index is -0.601. The Balaban J connectivity index is 3.12. The van der Waals surface area contributed by atoms with Gasteiger partial charge in [0.05, 0.1) is 11.4 Å². The molecule has 1 aromatic rings. The molecule has 0 aliphatic rings. The average Bonchev–Trinajstić information content (AvgIpc) is 2.03. The number of nitrogens with zero attached hydrogens (tertiary/aromatic N) is 1. The van der Waals surface area contributed by atoms with Crippen LogP contribution >= 0.6 is 0 Å². The van der Waals surface area contributed by atoms with E-state index < -0.39 is 6.03 Å². The highest BCUT2D eigenvalue weighted by molar-refractivity contribution is 5.92. The van der Waals surface area contributed by atoms with Crippen LogP contribution in [-0.4, -0.2) is 12.7 Å². The quantitative estimate of drug-likeness (QED) is 0.665. The molecule has 0 bridgehead atoms. The highest BCUT2D eigenvalue weighted by Gasteiger charge is 2.04. The van der Waals surface area contributed by atoms with Crippen molar-refractivity contribution in [3.63, 3.8) is 0 Å². The molecule has 4 nitrogen and oxygen atoms in total. The molecule has 0 atom stereocenters. The van der Waals surface area contributed by atoms with Gasteiger partial charge in [0.2, 0.25) is 0 Å². The van der Waals surface area contributed by atoms with Gasteiger partial charge in [-0.15, -0.1) is 0 Å². The Bertz CT molecular complexity index is 347. The maximum Gasteiger partial charge on any atom is 0.316 e.